The Hall–Kier alpha value is -0.270. The molecule has 0 saturated heterocycles. The molecule has 5 nitrogen and oxygen atoms in total. The highest BCUT2D eigenvalue weighted by atomic mass is 33.1. The maximum Gasteiger partial charge on any atom is 0.320 e. The van der Waals surface area contributed by atoms with E-state index < -0.39 is 19.3 Å². The van der Waals surface area contributed by atoms with Crippen LogP contribution in [0, 0.1) is 16.2 Å². The van der Waals surface area contributed by atoms with Crippen LogP contribution in [-0.2, 0) is 14.0 Å². The molecule has 20 heavy (non-hydrogen) atoms. The van der Waals surface area contributed by atoms with Gasteiger partial charge in [-0.2, -0.15) is 8.42 Å². The quantitative estimate of drug-likeness (QED) is 0.489. The van der Waals surface area contributed by atoms with Crippen LogP contribution in [0.3, 0.4) is 0 Å². The van der Waals surface area contributed by atoms with Gasteiger partial charge >= 0.3 is 9.15 Å². The van der Waals surface area contributed by atoms with Crippen LogP contribution in [0.15, 0.2) is 5.16 Å². The summed E-state index contributed by atoms with van der Waals surface area (Å²) < 4.78 is 31.4. The van der Waals surface area contributed by atoms with E-state index in [2.05, 4.69) is 19.0 Å². The van der Waals surface area contributed by atoms with Gasteiger partial charge in [-0.1, -0.05) is 46.7 Å². The first-order valence-electron chi connectivity index (χ1n) is 6.45. The number of oxime groups is 1. The van der Waals surface area contributed by atoms with Crippen molar-refractivity contribution >= 4 is 25.7 Å². The predicted octanol–water partition coefficient (Wildman–Crippen LogP) is 3.38. The van der Waals surface area contributed by atoms with Crippen molar-refractivity contribution in [1.82, 2.24) is 0 Å². The van der Waals surface area contributed by atoms with Crippen LogP contribution in [0.5, 0.6) is 0 Å². The first-order valence-corrected chi connectivity index (χ1v) is 9.22. The molecule has 118 valence electrons. The maximum absolute atomic E-state index is 11.5. The Labute approximate surface area is 125 Å². The number of nitrogens with zero attached hydrogens (tertiary/aromatic N) is 1. The molecule has 7 heteroatoms. The first-order chi connectivity index (χ1) is 8.65. The van der Waals surface area contributed by atoms with E-state index in [0.717, 1.165) is 0 Å². The lowest BCUT2D eigenvalue weighted by molar-refractivity contribution is 0.0532. The van der Waals surface area contributed by atoms with Crippen molar-refractivity contribution in [1.29, 1.82) is 0 Å². The van der Waals surface area contributed by atoms with Gasteiger partial charge in [0, 0.05) is 16.2 Å². The van der Waals surface area contributed by atoms with Crippen LogP contribution in [-0.4, -0.2) is 30.5 Å². The zero-order valence-electron chi connectivity index (χ0n) is 13.4. The molecule has 1 atom stereocenters. The topological polar surface area (TPSA) is 76.0 Å². The minimum Gasteiger partial charge on any atom is -0.399 e. The summed E-state index contributed by atoms with van der Waals surface area (Å²) in [5, 5.41) is 4.13. The van der Waals surface area contributed by atoms with Gasteiger partial charge in [0.1, 0.15) is 7.11 Å². The summed E-state index contributed by atoms with van der Waals surface area (Å²) in [5.41, 5.74) is -0.408. The van der Waals surface area contributed by atoms with E-state index in [-0.39, 0.29) is 10.8 Å². The summed E-state index contributed by atoms with van der Waals surface area (Å²) in [6, 6.07) is 0. The molecular formula is C13H25NO4S2. The fraction of sp³-hybridized carbons (Fsp3) is 0.923. The molecule has 1 aliphatic carbocycles. The zero-order valence-corrected chi connectivity index (χ0v) is 15.1. The molecule has 0 aromatic heterocycles. The van der Waals surface area contributed by atoms with Gasteiger partial charge in [-0.3, -0.25) is 4.55 Å². The first kappa shape index (κ1) is 17.8. The monoisotopic (exact) mass is 323 g/mol. The second-order valence-electron chi connectivity index (χ2n) is 7.04. The summed E-state index contributed by atoms with van der Waals surface area (Å²) in [5.74, 6) is 0. The molecular weight excluding hydrogens is 298 g/mol. The van der Waals surface area contributed by atoms with Crippen LogP contribution in [0.1, 0.15) is 48.5 Å². The highest BCUT2D eigenvalue weighted by molar-refractivity contribution is 8.70. The number of hydrogen-bond acceptors (Lipinski definition) is 5. The van der Waals surface area contributed by atoms with Gasteiger partial charge in [-0.25, -0.2) is 0 Å². The fourth-order valence-electron chi connectivity index (χ4n) is 3.21. The van der Waals surface area contributed by atoms with E-state index in [9.17, 15) is 13.0 Å². The van der Waals surface area contributed by atoms with Crippen LogP contribution in [0.2, 0.25) is 0 Å². The Morgan fingerprint density at radius 3 is 1.85 bits per heavy atom. The lowest BCUT2D eigenvalue weighted by Crippen LogP contribution is -2.45. The van der Waals surface area contributed by atoms with Crippen molar-refractivity contribution in [3.8, 4) is 0 Å². The van der Waals surface area contributed by atoms with Crippen molar-refractivity contribution in [3.63, 3.8) is 0 Å². The van der Waals surface area contributed by atoms with Crippen LogP contribution >= 0.6 is 10.8 Å². The Morgan fingerprint density at radius 2 is 1.50 bits per heavy atom. The molecule has 0 bridgehead atoms. The van der Waals surface area contributed by atoms with E-state index in [1.807, 2.05) is 27.7 Å². The van der Waals surface area contributed by atoms with Crippen molar-refractivity contribution < 1.29 is 17.8 Å². The van der Waals surface area contributed by atoms with E-state index in [4.69, 9.17) is 4.84 Å². The van der Waals surface area contributed by atoms with Gasteiger partial charge in [0.25, 0.3) is 0 Å². The Morgan fingerprint density at radius 1 is 1.05 bits per heavy atom. The molecule has 1 N–H and O–H groups in total. The summed E-state index contributed by atoms with van der Waals surface area (Å²) in [4.78, 5) is 4.96. The predicted molar refractivity (Wildman–Crippen MR) is 83.3 cm³/mol. The van der Waals surface area contributed by atoms with Crippen molar-refractivity contribution in [2.45, 2.75) is 53.2 Å². The summed E-state index contributed by atoms with van der Waals surface area (Å²) in [6.45, 7) is 14.1. The lowest BCUT2D eigenvalue weighted by atomic mass is 9.60. The zero-order chi connectivity index (χ0) is 16.2. The van der Waals surface area contributed by atoms with Gasteiger partial charge in [-0.15, -0.1) is 0 Å². The molecule has 0 aromatic carbocycles. The van der Waals surface area contributed by atoms with E-state index >= 15 is 0 Å². The van der Waals surface area contributed by atoms with Gasteiger partial charge in [-0.05, 0) is 17.8 Å². The standard InChI is InChI=1S/C13H25NO4S2/c1-10(2)9(14-18-8)13(7,19-20(15,16)17)12(5,6)11(10,3)4/h1-8H3,(H,15,16,17)/b14-9+. The smallest absolute Gasteiger partial charge is 0.320 e. The van der Waals surface area contributed by atoms with E-state index in [1.165, 1.54) is 7.11 Å². The molecule has 1 saturated carbocycles. The molecule has 0 spiro atoms. The molecule has 0 aliphatic heterocycles. The molecule has 1 fully saturated rings. The molecule has 1 rings (SSSR count). The third-order valence-corrected chi connectivity index (χ3v) is 8.70. The van der Waals surface area contributed by atoms with Crippen molar-refractivity contribution in [2.24, 2.45) is 21.4 Å². The summed E-state index contributed by atoms with van der Waals surface area (Å²) >= 11 is 0. The largest absolute Gasteiger partial charge is 0.399 e. The molecule has 1 unspecified atom stereocenters. The minimum absolute atomic E-state index is 0.246. The van der Waals surface area contributed by atoms with Crippen molar-refractivity contribution in [2.75, 3.05) is 7.11 Å². The summed E-state index contributed by atoms with van der Waals surface area (Å²) in [6.07, 6.45) is 0. The highest BCUT2D eigenvalue weighted by Gasteiger charge is 2.70. The van der Waals surface area contributed by atoms with Crippen molar-refractivity contribution in [3.05, 3.63) is 0 Å². The Bertz CT molecular complexity index is 535. The number of rotatable bonds is 3. The molecule has 1 aliphatic rings. The Balaban J connectivity index is 3.67. The summed E-state index contributed by atoms with van der Waals surface area (Å²) in [7, 11) is -2.22. The van der Waals surface area contributed by atoms with Crippen LogP contribution in [0.4, 0.5) is 0 Å². The molecule has 0 aromatic rings. The number of hydrogen-bond donors (Lipinski definition) is 1. The van der Waals surface area contributed by atoms with Crippen LogP contribution in [0.25, 0.3) is 0 Å². The van der Waals surface area contributed by atoms with Gasteiger partial charge in [0.2, 0.25) is 0 Å². The van der Waals surface area contributed by atoms with Gasteiger partial charge in [0.05, 0.1) is 10.5 Å². The Kier molecular flexibility index (Phi) is 4.10. The van der Waals surface area contributed by atoms with E-state index in [0.29, 0.717) is 16.5 Å². The lowest BCUT2D eigenvalue weighted by Gasteiger charge is -2.46. The normalized spacial score (nSPS) is 33.4. The highest BCUT2D eigenvalue weighted by Crippen LogP contribution is 2.69. The molecule has 0 radical (unpaired) electrons. The fourth-order valence-corrected chi connectivity index (χ4v) is 6.59. The maximum atomic E-state index is 11.5. The average Bonchev–Trinajstić information content (AvgIpc) is 2.27. The van der Waals surface area contributed by atoms with Gasteiger partial charge in [0.15, 0.2) is 0 Å². The van der Waals surface area contributed by atoms with Crippen LogP contribution < -0.4 is 0 Å². The van der Waals surface area contributed by atoms with Gasteiger partial charge < -0.3 is 4.84 Å². The van der Waals surface area contributed by atoms with E-state index in [1.54, 1.807) is 6.92 Å². The second-order valence-corrected chi connectivity index (χ2v) is 10.6. The third kappa shape index (κ3) is 2.18. The average molecular weight is 323 g/mol. The SMILES string of the molecule is CO/N=C1\C(C)(C)C(C)(C)C(C)(C)C1(C)SS(=O)(=O)O. The minimum atomic E-state index is -4.21. The second kappa shape index (κ2) is 4.61. The molecule has 0 heterocycles. The molecule has 0 amide bonds. The third-order valence-electron chi connectivity index (χ3n) is 5.82.